The monoisotopic (exact) mass is 635 g/mol. The molecule has 0 heterocycles. The highest BCUT2D eigenvalue weighted by atomic mass is 31.2. The van der Waals surface area contributed by atoms with E-state index in [9.17, 15) is 14.2 Å². The highest BCUT2D eigenvalue weighted by Crippen LogP contribution is 2.35. The highest BCUT2D eigenvalue weighted by molar-refractivity contribution is 7.46. The summed E-state index contributed by atoms with van der Waals surface area (Å²) in [6, 6.07) is 0. The van der Waals surface area contributed by atoms with Crippen LogP contribution in [-0.2, 0) is 28.2 Å². The third-order valence-corrected chi connectivity index (χ3v) is 8.25. The van der Waals surface area contributed by atoms with Crippen molar-refractivity contribution < 1.29 is 37.9 Å². The maximum atomic E-state index is 12.3. The molecule has 256 valence electrons. The average molecular weight is 636 g/mol. The maximum Gasteiger partial charge on any atom is 0.469 e. The molecule has 0 aromatic heterocycles. The Morgan fingerprint density at radius 2 is 1.14 bits per heavy atom. The molecule has 0 aromatic rings. The molecule has 0 aliphatic heterocycles. The van der Waals surface area contributed by atoms with Crippen molar-refractivity contribution in [3.63, 3.8) is 0 Å². The average Bonchev–Trinajstić information content (AvgIpc) is 2.97. The number of hydrogen-bond acceptors (Lipinski definition) is 7. The van der Waals surface area contributed by atoms with Gasteiger partial charge in [0.2, 0.25) is 0 Å². The van der Waals surface area contributed by atoms with E-state index in [0.717, 1.165) is 51.5 Å². The van der Waals surface area contributed by atoms with Crippen molar-refractivity contribution in [2.24, 2.45) is 0 Å². The van der Waals surface area contributed by atoms with Crippen molar-refractivity contribution in [3.05, 3.63) is 0 Å². The van der Waals surface area contributed by atoms with Crippen LogP contribution in [0.3, 0.4) is 0 Å². The fourth-order valence-electron chi connectivity index (χ4n) is 5.18. The van der Waals surface area contributed by atoms with Gasteiger partial charge in [0.1, 0.15) is 6.10 Å². The summed E-state index contributed by atoms with van der Waals surface area (Å²) >= 11 is 0. The molecular formula is C33H66NO8P. The first-order chi connectivity index (χ1) is 20.9. The molecule has 1 atom stereocenters. The predicted molar refractivity (Wildman–Crippen MR) is 174 cm³/mol. The van der Waals surface area contributed by atoms with Crippen LogP contribution in [0, 0.1) is 0 Å². The number of rotatable bonds is 35. The van der Waals surface area contributed by atoms with Gasteiger partial charge in [-0.3, -0.25) is 14.1 Å². The molecule has 10 heteroatoms. The normalized spacial score (nSPS) is 12.3. The van der Waals surface area contributed by atoms with Crippen LogP contribution in [0.4, 0.5) is 0 Å². The van der Waals surface area contributed by atoms with Gasteiger partial charge in [-0.05, 0) is 25.8 Å². The summed E-state index contributed by atoms with van der Waals surface area (Å²) in [7, 11) is -4.62. The van der Waals surface area contributed by atoms with Gasteiger partial charge in [-0.2, -0.15) is 0 Å². The van der Waals surface area contributed by atoms with Crippen molar-refractivity contribution in [3.8, 4) is 0 Å². The summed E-state index contributed by atoms with van der Waals surface area (Å²) < 4.78 is 26.0. The number of unbranched alkanes of at least 4 members (excludes halogenated alkanes) is 22. The predicted octanol–water partition coefficient (Wildman–Crippen LogP) is 8.54. The second kappa shape index (κ2) is 32.4. The van der Waals surface area contributed by atoms with Gasteiger partial charge in [0.25, 0.3) is 6.47 Å². The Morgan fingerprint density at radius 3 is 1.60 bits per heavy atom. The van der Waals surface area contributed by atoms with Gasteiger partial charge in [-0.25, -0.2) is 4.57 Å². The SMILES string of the molecule is CCCCCCCCCCCCCC(=O)O[C@@H](CNCCCCCCCCCCCCCCCOC=O)COP(=O)(O)O. The number of nitrogens with one attached hydrogen (secondary N) is 1. The van der Waals surface area contributed by atoms with Gasteiger partial charge in [-0.15, -0.1) is 0 Å². The molecule has 43 heavy (non-hydrogen) atoms. The Balaban J connectivity index is 3.78. The van der Waals surface area contributed by atoms with Crippen LogP contribution >= 0.6 is 7.82 Å². The van der Waals surface area contributed by atoms with Gasteiger partial charge >= 0.3 is 13.8 Å². The standard InChI is InChI=1S/C33H66NO8P/c1-2-3-4-5-6-7-11-14-17-20-23-26-33(36)42-32(30-41-43(37,38)39)29-34-27-24-21-18-15-12-9-8-10-13-16-19-22-25-28-40-31-35/h31-32,34H,2-30H2,1H3,(H2,37,38,39)/t32-/m0/s1. The zero-order chi connectivity index (χ0) is 31.7. The Bertz CT molecular complexity index is 661. The van der Waals surface area contributed by atoms with Crippen LogP contribution in [0.25, 0.3) is 0 Å². The van der Waals surface area contributed by atoms with E-state index in [2.05, 4.69) is 16.8 Å². The smallest absolute Gasteiger partial charge is 0.468 e. The molecule has 0 fully saturated rings. The molecule has 3 N–H and O–H groups in total. The zero-order valence-electron chi connectivity index (χ0n) is 27.5. The summed E-state index contributed by atoms with van der Waals surface area (Å²) in [6.45, 7) is 4.06. The molecule has 0 spiro atoms. The molecule has 0 radical (unpaired) electrons. The van der Waals surface area contributed by atoms with Gasteiger partial charge < -0.3 is 24.6 Å². The van der Waals surface area contributed by atoms with Crippen LogP contribution in [0.5, 0.6) is 0 Å². The third-order valence-electron chi connectivity index (χ3n) is 7.77. The first-order valence-electron chi connectivity index (χ1n) is 17.5. The fraction of sp³-hybridized carbons (Fsp3) is 0.939. The number of esters is 1. The van der Waals surface area contributed by atoms with Crippen molar-refractivity contribution in [2.45, 2.75) is 174 Å². The Hall–Kier alpha value is -0.990. The number of carbonyl (C=O) groups excluding carboxylic acids is 2. The van der Waals surface area contributed by atoms with E-state index in [1.165, 1.54) is 109 Å². The molecule has 0 aromatic carbocycles. The lowest BCUT2D eigenvalue weighted by atomic mass is 10.0. The molecule has 9 nitrogen and oxygen atoms in total. The van der Waals surface area contributed by atoms with E-state index in [-0.39, 0.29) is 12.6 Å². The first kappa shape index (κ1) is 42.0. The molecule has 0 saturated heterocycles. The van der Waals surface area contributed by atoms with Gasteiger partial charge in [0, 0.05) is 13.0 Å². The molecule has 0 amide bonds. The Kier molecular flexibility index (Phi) is 31.7. The van der Waals surface area contributed by atoms with E-state index >= 15 is 0 Å². The van der Waals surface area contributed by atoms with Crippen molar-refractivity contribution in [1.82, 2.24) is 5.32 Å². The minimum atomic E-state index is -4.62. The fourth-order valence-corrected chi connectivity index (χ4v) is 5.54. The molecule has 0 unspecified atom stereocenters. The summed E-state index contributed by atoms with van der Waals surface area (Å²) in [4.78, 5) is 40.5. The van der Waals surface area contributed by atoms with Crippen LogP contribution in [-0.4, -0.2) is 54.6 Å². The van der Waals surface area contributed by atoms with Gasteiger partial charge in [-0.1, -0.05) is 142 Å². The van der Waals surface area contributed by atoms with Crippen molar-refractivity contribution >= 4 is 20.3 Å². The van der Waals surface area contributed by atoms with E-state index in [1.807, 2.05) is 0 Å². The maximum absolute atomic E-state index is 12.3. The van der Waals surface area contributed by atoms with Gasteiger partial charge in [0.15, 0.2) is 0 Å². The van der Waals surface area contributed by atoms with Crippen LogP contribution in [0.1, 0.15) is 167 Å². The van der Waals surface area contributed by atoms with Crippen LogP contribution < -0.4 is 5.32 Å². The second-order valence-corrected chi connectivity index (χ2v) is 13.2. The van der Waals surface area contributed by atoms with E-state index < -0.39 is 13.9 Å². The Labute approximate surface area is 263 Å². The van der Waals surface area contributed by atoms with E-state index in [0.29, 0.717) is 26.0 Å². The third kappa shape index (κ3) is 35.4. The van der Waals surface area contributed by atoms with Crippen molar-refractivity contribution in [2.75, 3.05) is 26.3 Å². The van der Waals surface area contributed by atoms with E-state index in [1.54, 1.807) is 0 Å². The summed E-state index contributed by atoms with van der Waals surface area (Å²) in [6.07, 6.45) is 28.5. The molecule has 0 rings (SSSR count). The van der Waals surface area contributed by atoms with Crippen LogP contribution in [0.2, 0.25) is 0 Å². The number of phosphoric ester groups is 1. The molecule has 0 bridgehead atoms. The lowest BCUT2D eigenvalue weighted by Gasteiger charge is -2.19. The van der Waals surface area contributed by atoms with Gasteiger partial charge in [0.05, 0.1) is 13.2 Å². The lowest BCUT2D eigenvalue weighted by molar-refractivity contribution is -0.150. The molecule has 0 saturated carbocycles. The topological polar surface area (TPSA) is 131 Å². The highest BCUT2D eigenvalue weighted by Gasteiger charge is 2.21. The number of ether oxygens (including phenoxy) is 2. The molecule has 0 aliphatic rings. The Morgan fingerprint density at radius 1 is 0.698 bits per heavy atom. The minimum absolute atomic E-state index is 0.316. The summed E-state index contributed by atoms with van der Waals surface area (Å²) in [5.74, 6) is -0.335. The lowest BCUT2D eigenvalue weighted by Crippen LogP contribution is -2.35. The quantitative estimate of drug-likeness (QED) is 0.0271. The first-order valence-corrected chi connectivity index (χ1v) is 19.1. The minimum Gasteiger partial charge on any atom is -0.468 e. The largest absolute Gasteiger partial charge is 0.469 e. The van der Waals surface area contributed by atoms with E-state index in [4.69, 9.17) is 19.3 Å². The van der Waals surface area contributed by atoms with Crippen molar-refractivity contribution in [1.29, 1.82) is 0 Å². The number of hydrogen-bond donors (Lipinski definition) is 3. The molecule has 0 aliphatic carbocycles. The zero-order valence-corrected chi connectivity index (χ0v) is 28.3. The molecular weight excluding hydrogens is 569 g/mol. The summed E-state index contributed by atoms with van der Waals surface area (Å²) in [5, 5.41) is 3.26. The van der Waals surface area contributed by atoms with Crippen LogP contribution in [0.15, 0.2) is 0 Å². The number of phosphoric acid groups is 1. The second-order valence-electron chi connectivity index (χ2n) is 12.0. The summed E-state index contributed by atoms with van der Waals surface area (Å²) in [5.41, 5.74) is 0. The number of carbonyl (C=O) groups is 2.